The zero-order valence-corrected chi connectivity index (χ0v) is 11.7. The summed E-state index contributed by atoms with van der Waals surface area (Å²) in [6.07, 6.45) is 2.29. The number of rotatable bonds is 4. The lowest BCUT2D eigenvalue weighted by molar-refractivity contribution is 0.0223. The van der Waals surface area contributed by atoms with Gasteiger partial charge in [0.2, 0.25) is 0 Å². The Hall–Kier alpha value is -0.540. The fourth-order valence-electron chi connectivity index (χ4n) is 1.86. The third-order valence-corrected chi connectivity index (χ3v) is 5.92. The van der Waals surface area contributed by atoms with E-state index in [1.807, 2.05) is 0 Å². The summed E-state index contributed by atoms with van der Waals surface area (Å²) >= 11 is 1.12. The summed E-state index contributed by atoms with van der Waals surface area (Å²) in [5, 5.41) is 10.2. The maximum Gasteiger partial charge on any atom is 0.252 e. The molecule has 1 fully saturated rings. The molecule has 6 nitrogen and oxygen atoms in total. The number of nitrogens with zero attached hydrogens (tertiary/aromatic N) is 1. The van der Waals surface area contributed by atoms with E-state index >= 15 is 0 Å². The predicted octanol–water partition coefficient (Wildman–Crippen LogP) is 0.271. The third kappa shape index (κ3) is 2.89. The Balaban J connectivity index is 2.21. The van der Waals surface area contributed by atoms with Crippen molar-refractivity contribution < 1.29 is 18.3 Å². The molecule has 0 saturated carbocycles. The molecule has 1 aliphatic rings. The molecule has 0 amide bonds. The second kappa shape index (κ2) is 5.22. The highest BCUT2D eigenvalue weighted by Gasteiger charge is 2.37. The van der Waals surface area contributed by atoms with Crippen molar-refractivity contribution in [2.24, 2.45) is 0 Å². The van der Waals surface area contributed by atoms with Gasteiger partial charge in [0.05, 0.1) is 23.4 Å². The van der Waals surface area contributed by atoms with Gasteiger partial charge in [0, 0.05) is 13.2 Å². The highest BCUT2D eigenvalue weighted by molar-refractivity contribution is 7.91. The molecule has 2 N–H and O–H groups in total. The number of aryl methyl sites for hydroxylation is 1. The maximum absolute atomic E-state index is 12.2. The number of aliphatic hydroxyl groups is 1. The zero-order valence-electron chi connectivity index (χ0n) is 10.0. The number of aromatic nitrogens is 1. The summed E-state index contributed by atoms with van der Waals surface area (Å²) in [5.41, 5.74) is -0.811. The number of thiazole rings is 1. The van der Waals surface area contributed by atoms with Crippen molar-refractivity contribution >= 4 is 21.4 Å². The van der Waals surface area contributed by atoms with Gasteiger partial charge in [0.1, 0.15) is 0 Å². The summed E-state index contributed by atoms with van der Waals surface area (Å²) < 4.78 is 32.3. The van der Waals surface area contributed by atoms with Crippen molar-refractivity contribution in [2.45, 2.75) is 29.5 Å². The smallest absolute Gasteiger partial charge is 0.252 e. The first-order valence-corrected chi connectivity index (χ1v) is 7.92. The molecule has 0 atom stereocenters. The molecule has 0 unspecified atom stereocenters. The van der Waals surface area contributed by atoms with Gasteiger partial charge in [-0.05, 0) is 19.8 Å². The highest BCUT2D eigenvalue weighted by Crippen LogP contribution is 2.25. The van der Waals surface area contributed by atoms with E-state index in [2.05, 4.69) is 9.71 Å². The minimum Gasteiger partial charge on any atom is -0.394 e. The summed E-state index contributed by atoms with van der Waals surface area (Å²) in [6.45, 7) is 2.42. The molecular weight excluding hydrogens is 276 g/mol. The largest absolute Gasteiger partial charge is 0.394 e. The summed E-state index contributed by atoms with van der Waals surface area (Å²) in [4.78, 5) is 3.94. The molecule has 0 radical (unpaired) electrons. The Bertz CT molecular complexity index is 506. The Morgan fingerprint density at radius 2 is 2.22 bits per heavy atom. The summed E-state index contributed by atoms with van der Waals surface area (Å²) in [7, 11) is -3.62. The van der Waals surface area contributed by atoms with Gasteiger partial charge < -0.3 is 9.84 Å². The average Bonchev–Trinajstić information content (AvgIpc) is 2.77. The van der Waals surface area contributed by atoms with Crippen LogP contribution >= 0.6 is 11.3 Å². The SMILES string of the molecule is Cc1ncc(S(=O)(=O)NC2(CO)CCOCC2)s1. The molecule has 0 bridgehead atoms. The molecule has 102 valence electrons. The van der Waals surface area contributed by atoms with Crippen LogP contribution in [0.3, 0.4) is 0 Å². The van der Waals surface area contributed by atoms with Crippen LogP contribution in [-0.4, -0.2) is 43.9 Å². The number of hydrogen-bond donors (Lipinski definition) is 2. The van der Waals surface area contributed by atoms with Crippen molar-refractivity contribution in [2.75, 3.05) is 19.8 Å². The topological polar surface area (TPSA) is 88.5 Å². The fourth-order valence-corrected chi connectivity index (χ4v) is 4.41. The number of aliphatic hydroxyl groups excluding tert-OH is 1. The Morgan fingerprint density at radius 1 is 1.56 bits per heavy atom. The van der Waals surface area contributed by atoms with E-state index in [9.17, 15) is 13.5 Å². The van der Waals surface area contributed by atoms with E-state index in [1.165, 1.54) is 6.20 Å². The normalized spacial score (nSPS) is 19.9. The number of ether oxygens (including phenoxy) is 1. The van der Waals surface area contributed by atoms with Crippen LogP contribution in [0.4, 0.5) is 0 Å². The molecule has 0 spiro atoms. The molecule has 2 heterocycles. The van der Waals surface area contributed by atoms with Crippen LogP contribution in [0.1, 0.15) is 17.8 Å². The van der Waals surface area contributed by atoms with Crippen molar-refractivity contribution in [3.05, 3.63) is 11.2 Å². The van der Waals surface area contributed by atoms with E-state index in [-0.39, 0.29) is 10.8 Å². The summed E-state index contributed by atoms with van der Waals surface area (Å²) in [6, 6.07) is 0. The molecule has 1 aliphatic heterocycles. The minimum absolute atomic E-state index is 0.180. The van der Waals surface area contributed by atoms with Gasteiger partial charge in [-0.2, -0.15) is 0 Å². The van der Waals surface area contributed by atoms with Crippen LogP contribution in [0.5, 0.6) is 0 Å². The standard InChI is InChI=1S/C10H16N2O4S2/c1-8-11-6-9(17-8)18(14,15)12-10(7-13)2-4-16-5-3-10/h6,12-13H,2-5,7H2,1H3. The van der Waals surface area contributed by atoms with Crippen LogP contribution in [0.2, 0.25) is 0 Å². The highest BCUT2D eigenvalue weighted by atomic mass is 32.2. The average molecular weight is 292 g/mol. The first-order valence-electron chi connectivity index (χ1n) is 5.62. The van der Waals surface area contributed by atoms with Gasteiger partial charge in [-0.1, -0.05) is 0 Å². The quantitative estimate of drug-likeness (QED) is 0.831. The lowest BCUT2D eigenvalue weighted by atomic mass is 9.93. The Labute approximate surface area is 110 Å². The first-order chi connectivity index (χ1) is 8.47. The van der Waals surface area contributed by atoms with Crippen molar-refractivity contribution in [1.29, 1.82) is 0 Å². The van der Waals surface area contributed by atoms with Gasteiger partial charge in [-0.15, -0.1) is 11.3 Å². The van der Waals surface area contributed by atoms with E-state index in [0.717, 1.165) is 11.3 Å². The lowest BCUT2D eigenvalue weighted by Crippen LogP contribution is -2.54. The minimum atomic E-state index is -3.62. The number of sulfonamides is 1. The van der Waals surface area contributed by atoms with Gasteiger partial charge in [-0.3, -0.25) is 0 Å². The van der Waals surface area contributed by atoms with Crippen LogP contribution in [0.15, 0.2) is 10.4 Å². The number of nitrogens with one attached hydrogen (secondary N) is 1. The molecular formula is C10H16N2O4S2. The van der Waals surface area contributed by atoms with Crippen LogP contribution < -0.4 is 4.72 Å². The van der Waals surface area contributed by atoms with Crippen molar-refractivity contribution in [1.82, 2.24) is 9.71 Å². The second-order valence-electron chi connectivity index (χ2n) is 4.35. The van der Waals surface area contributed by atoms with Crippen LogP contribution in [-0.2, 0) is 14.8 Å². The molecule has 2 rings (SSSR count). The van der Waals surface area contributed by atoms with E-state index in [4.69, 9.17) is 4.74 Å². The Morgan fingerprint density at radius 3 is 2.72 bits per heavy atom. The zero-order chi connectivity index (χ0) is 13.2. The van der Waals surface area contributed by atoms with Crippen LogP contribution in [0, 0.1) is 6.92 Å². The lowest BCUT2D eigenvalue weighted by Gasteiger charge is -2.35. The van der Waals surface area contributed by atoms with Gasteiger partial charge in [-0.25, -0.2) is 18.1 Å². The number of hydrogen-bond acceptors (Lipinski definition) is 6. The summed E-state index contributed by atoms with van der Waals surface area (Å²) in [5.74, 6) is 0. The molecule has 1 saturated heterocycles. The second-order valence-corrected chi connectivity index (χ2v) is 7.50. The van der Waals surface area contributed by atoms with Gasteiger partial charge in [0.25, 0.3) is 10.0 Å². The van der Waals surface area contributed by atoms with Crippen LogP contribution in [0.25, 0.3) is 0 Å². The van der Waals surface area contributed by atoms with Crippen molar-refractivity contribution in [3.8, 4) is 0 Å². The molecule has 0 aliphatic carbocycles. The van der Waals surface area contributed by atoms with E-state index in [1.54, 1.807) is 6.92 Å². The molecule has 8 heteroatoms. The van der Waals surface area contributed by atoms with Gasteiger partial charge >= 0.3 is 0 Å². The third-order valence-electron chi connectivity index (χ3n) is 2.97. The molecule has 0 aromatic carbocycles. The molecule has 18 heavy (non-hydrogen) atoms. The first kappa shape index (κ1) is 13.9. The predicted molar refractivity (Wildman–Crippen MR) is 67.0 cm³/mol. The molecule has 1 aromatic rings. The monoisotopic (exact) mass is 292 g/mol. The van der Waals surface area contributed by atoms with E-state index < -0.39 is 15.6 Å². The Kier molecular flexibility index (Phi) is 4.02. The maximum atomic E-state index is 12.2. The van der Waals surface area contributed by atoms with Gasteiger partial charge in [0.15, 0.2) is 4.21 Å². The fraction of sp³-hybridized carbons (Fsp3) is 0.700. The molecule has 1 aromatic heterocycles. The van der Waals surface area contributed by atoms with E-state index in [0.29, 0.717) is 31.1 Å². The van der Waals surface area contributed by atoms with Crippen molar-refractivity contribution in [3.63, 3.8) is 0 Å².